The second-order valence-electron chi connectivity index (χ2n) is 15.7. The molecule has 4 aromatic rings. The number of aryl methyl sites for hydroxylation is 2. The maximum absolute atomic E-state index is 7.16. The molecule has 262 valence electrons. The van der Waals surface area contributed by atoms with Crippen molar-refractivity contribution in [2.75, 3.05) is 0 Å². The van der Waals surface area contributed by atoms with E-state index in [0.717, 1.165) is 99.7 Å². The molecule has 0 unspecified atom stereocenters. The molecule has 0 aliphatic carbocycles. The lowest BCUT2D eigenvalue weighted by molar-refractivity contribution is 0.405. The average Bonchev–Trinajstić information content (AvgIpc) is 3.85. The number of nitrogens with one attached hydrogen (secondary N) is 2. The fraction of sp³-hybridized carbons (Fsp3) is 0.366. The first-order valence-electron chi connectivity index (χ1n) is 18.4. The number of aromatic nitrogens is 4. The van der Waals surface area contributed by atoms with Crippen LogP contribution in [-0.2, 0) is 21.1 Å². The number of unbranched alkanes of at least 4 members (excludes halogenated alkanes) is 2. The van der Waals surface area contributed by atoms with Gasteiger partial charge in [0.15, 0.2) is 16.6 Å². The first kappa shape index (κ1) is 36.2. The number of rotatable bonds is 12. The number of H-pyrrole nitrogens is 2. The molecule has 6 nitrogen and oxygen atoms in total. The van der Waals surface area contributed by atoms with Crippen LogP contribution in [0, 0.1) is 0 Å². The molecule has 2 aliphatic heterocycles. The monoisotopic (exact) mass is 718 g/mol. The van der Waals surface area contributed by atoms with Crippen LogP contribution in [0.25, 0.3) is 57.5 Å². The summed E-state index contributed by atoms with van der Waals surface area (Å²) in [6, 6.07) is 19.6. The first-order valence-corrected chi connectivity index (χ1v) is 27.5. The number of hydrogen-bond acceptors (Lipinski definition) is 4. The predicted molar refractivity (Wildman–Crippen MR) is 222 cm³/mol. The molecule has 6 rings (SSSR count). The maximum atomic E-state index is 7.16. The molecule has 0 fully saturated rings. The summed E-state index contributed by atoms with van der Waals surface area (Å²) in [5.41, 5.74) is 12.8. The predicted octanol–water partition coefficient (Wildman–Crippen LogP) is 11.0. The molecule has 0 spiro atoms. The maximum Gasteiger partial charge on any atom is 0.350 e. The second-order valence-corrected chi connectivity index (χ2v) is 28.2. The molecule has 50 heavy (non-hydrogen) atoms. The Morgan fingerprint density at radius 1 is 0.580 bits per heavy atom. The second kappa shape index (κ2) is 14.6. The van der Waals surface area contributed by atoms with Crippen LogP contribution in [-0.4, -0.2) is 45.1 Å². The van der Waals surface area contributed by atoms with Crippen molar-refractivity contribution < 1.29 is 8.23 Å². The summed E-state index contributed by atoms with van der Waals surface area (Å²) in [6.07, 6.45) is 14.9. The summed E-state index contributed by atoms with van der Waals surface area (Å²) in [7, 11) is -6.85. The van der Waals surface area contributed by atoms with Gasteiger partial charge in [0, 0.05) is 43.9 Å². The number of hydrogen-bond donors (Lipinski definition) is 2. The van der Waals surface area contributed by atoms with E-state index < -0.39 is 25.2 Å². The van der Waals surface area contributed by atoms with Crippen molar-refractivity contribution in [3.8, 4) is 11.1 Å². The van der Waals surface area contributed by atoms with Crippen LogP contribution in [0.15, 0.2) is 54.6 Å². The highest BCUT2D eigenvalue weighted by molar-refractivity contribution is 6.95. The normalized spacial score (nSPS) is 13.4. The molecule has 5 heterocycles. The van der Waals surface area contributed by atoms with E-state index in [4.69, 9.17) is 18.2 Å². The third kappa shape index (κ3) is 8.13. The van der Waals surface area contributed by atoms with Gasteiger partial charge in [0.1, 0.15) is 0 Å². The first-order chi connectivity index (χ1) is 23.8. The quantitative estimate of drug-likeness (QED) is 0.124. The van der Waals surface area contributed by atoms with Crippen LogP contribution in [0.3, 0.4) is 0 Å². The van der Waals surface area contributed by atoms with Crippen molar-refractivity contribution in [1.82, 2.24) is 19.9 Å². The van der Waals surface area contributed by atoms with E-state index in [2.05, 4.69) is 149 Å². The Bertz CT molecular complexity index is 2070. The molecule has 8 bridgehead atoms. The van der Waals surface area contributed by atoms with Gasteiger partial charge in [0.2, 0.25) is 0 Å². The minimum Gasteiger partial charge on any atom is -0.433 e. The summed E-state index contributed by atoms with van der Waals surface area (Å²) in [6.45, 7) is 20.4. The van der Waals surface area contributed by atoms with Crippen molar-refractivity contribution in [1.29, 1.82) is 0 Å². The lowest BCUT2D eigenvalue weighted by Crippen LogP contribution is -2.60. The molecule has 2 N–H and O–H groups in total. The van der Waals surface area contributed by atoms with Gasteiger partial charge in [0.25, 0.3) is 0 Å². The van der Waals surface area contributed by atoms with Gasteiger partial charge in [-0.05, 0) is 126 Å². The summed E-state index contributed by atoms with van der Waals surface area (Å²) in [4.78, 5) is 18.4. The summed E-state index contributed by atoms with van der Waals surface area (Å²) < 4.78 is 14.3. The van der Waals surface area contributed by atoms with Gasteiger partial charge < -0.3 is 18.2 Å². The molecule has 0 saturated carbocycles. The van der Waals surface area contributed by atoms with Crippen LogP contribution in [0.1, 0.15) is 73.4 Å². The molecule has 1 aromatic carbocycles. The third-order valence-electron chi connectivity index (χ3n) is 9.03. The fourth-order valence-corrected chi connectivity index (χ4v) is 18.9. The third-order valence-corrected chi connectivity index (χ3v) is 18.4. The molecular formula is C41H54N4O2Si3. The van der Waals surface area contributed by atoms with Crippen molar-refractivity contribution >= 4 is 76.8 Å². The SMILES string of the molecule is CCCCc1c2nc(c(-c3ccccc3)c3nc(c(CCCC)c4cc([Si](C)(O[Si](C)(C)C)O[Si](C)(C)C)c(cc5ccc1[nH]5)[nH]4)C=C3)C=C2. The zero-order valence-electron chi connectivity index (χ0n) is 31.5. The molecule has 9 heteroatoms. The number of aromatic amines is 2. The molecular weight excluding hydrogens is 665 g/mol. The number of benzene rings is 1. The van der Waals surface area contributed by atoms with E-state index in [1.54, 1.807) is 0 Å². The van der Waals surface area contributed by atoms with E-state index in [1.807, 2.05) is 0 Å². The molecule has 0 radical (unpaired) electrons. The van der Waals surface area contributed by atoms with Gasteiger partial charge >= 0.3 is 8.56 Å². The highest BCUT2D eigenvalue weighted by atomic mass is 28.5. The molecule has 0 saturated heterocycles. The molecule has 2 aliphatic rings. The van der Waals surface area contributed by atoms with Gasteiger partial charge in [-0.15, -0.1) is 0 Å². The zero-order chi connectivity index (χ0) is 35.7. The Labute approximate surface area is 301 Å². The smallest absolute Gasteiger partial charge is 0.350 e. The van der Waals surface area contributed by atoms with Crippen LogP contribution < -0.4 is 5.19 Å². The Morgan fingerprint density at radius 3 is 1.66 bits per heavy atom. The largest absolute Gasteiger partial charge is 0.433 e. The molecule has 0 amide bonds. The van der Waals surface area contributed by atoms with Crippen molar-refractivity contribution in [3.63, 3.8) is 0 Å². The van der Waals surface area contributed by atoms with Gasteiger partial charge in [-0.2, -0.15) is 0 Å². The van der Waals surface area contributed by atoms with Gasteiger partial charge in [-0.3, -0.25) is 0 Å². The highest BCUT2D eigenvalue weighted by Crippen LogP contribution is 2.33. The molecule has 0 atom stereocenters. The Hall–Kier alpha value is -3.61. The fourth-order valence-electron chi connectivity index (χ4n) is 7.13. The number of fused-ring (bicyclic) bond motifs is 8. The average molecular weight is 719 g/mol. The van der Waals surface area contributed by atoms with Gasteiger partial charge in [-0.1, -0.05) is 57.0 Å². The van der Waals surface area contributed by atoms with Crippen LogP contribution in [0.2, 0.25) is 45.8 Å². The van der Waals surface area contributed by atoms with E-state index in [9.17, 15) is 0 Å². The van der Waals surface area contributed by atoms with Gasteiger partial charge in [-0.25, -0.2) is 9.97 Å². The lowest BCUT2D eigenvalue weighted by Gasteiger charge is -2.38. The summed E-state index contributed by atoms with van der Waals surface area (Å²) in [5.74, 6) is 0. The van der Waals surface area contributed by atoms with Crippen LogP contribution in [0.5, 0.6) is 0 Å². The van der Waals surface area contributed by atoms with Crippen molar-refractivity contribution in [2.45, 2.75) is 98.2 Å². The van der Waals surface area contributed by atoms with E-state index in [1.165, 1.54) is 11.1 Å². The van der Waals surface area contributed by atoms with Crippen molar-refractivity contribution in [2.24, 2.45) is 0 Å². The summed E-state index contributed by atoms with van der Waals surface area (Å²) in [5, 5.41) is 1.16. The minimum atomic E-state index is -2.88. The van der Waals surface area contributed by atoms with Crippen LogP contribution in [0.4, 0.5) is 0 Å². The topological polar surface area (TPSA) is 75.8 Å². The van der Waals surface area contributed by atoms with E-state index in [0.29, 0.717) is 0 Å². The van der Waals surface area contributed by atoms with Crippen LogP contribution >= 0.6 is 0 Å². The Kier molecular flexibility index (Phi) is 10.5. The van der Waals surface area contributed by atoms with E-state index >= 15 is 0 Å². The number of nitrogens with zero attached hydrogens (tertiary/aromatic N) is 2. The highest BCUT2D eigenvalue weighted by Gasteiger charge is 2.43. The lowest BCUT2D eigenvalue weighted by atomic mass is 10.0. The summed E-state index contributed by atoms with van der Waals surface area (Å²) >= 11 is 0. The standard InChI is InChI=1S/C41H54N4O2Si3/c1-10-12-19-31-33-22-21-30(42-33)27-39-40(50(9,46-48(3,4)5)47-49(6,7)8)28-38(45-39)32(20-13-11-2)35-24-26-37(44-35)41(29-17-15-14-16-18-29)36-25-23-34(31)43-36/h14-18,21-28,42,45H,10-13,19-20H2,1-9H3. The Balaban J connectivity index is 1.77. The minimum absolute atomic E-state index is 0.913. The van der Waals surface area contributed by atoms with Gasteiger partial charge in [0.05, 0.1) is 22.8 Å². The van der Waals surface area contributed by atoms with E-state index in [-0.39, 0.29) is 0 Å². The zero-order valence-corrected chi connectivity index (χ0v) is 34.5. The van der Waals surface area contributed by atoms with Crippen molar-refractivity contribution in [3.05, 3.63) is 88.5 Å². The Morgan fingerprint density at radius 2 is 1.12 bits per heavy atom. The molecule has 3 aromatic heterocycles.